The Bertz CT molecular complexity index is 781. The molecule has 2 aromatic carbocycles. The molecule has 0 bridgehead atoms. The minimum absolute atomic E-state index is 0.0359. The molecule has 0 fully saturated rings. The molecule has 1 heterocycles. The highest BCUT2D eigenvalue weighted by Crippen LogP contribution is 2.14. The van der Waals surface area contributed by atoms with Gasteiger partial charge in [0.15, 0.2) is 0 Å². The average molecular weight is 315 g/mol. The van der Waals surface area contributed by atoms with Gasteiger partial charge in [-0.15, -0.1) is 0 Å². The highest BCUT2D eigenvalue weighted by atomic mass is 79.9. The summed E-state index contributed by atoms with van der Waals surface area (Å²) in [5.74, 6) is 0.704. The quantitative estimate of drug-likeness (QED) is 0.680. The van der Waals surface area contributed by atoms with E-state index in [9.17, 15) is 4.79 Å². The summed E-state index contributed by atoms with van der Waals surface area (Å²) < 4.78 is 1.65. The molecule has 0 saturated carbocycles. The zero-order valence-corrected chi connectivity index (χ0v) is 11.7. The topological polar surface area (TPSA) is 34.9 Å². The summed E-state index contributed by atoms with van der Waals surface area (Å²) in [6.45, 7) is 0. The van der Waals surface area contributed by atoms with Crippen molar-refractivity contribution in [3.63, 3.8) is 0 Å². The Morgan fingerprint density at radius 1 is 1.00 bits per heavy atom. The van der Waals surface area contributed by atoms with Crippen molar-refractivity contribution < 1.29 is 0 Å². The minimum atomic E-state index is -0.0359. The van der Waals surface area contributed by atoms with E-state index in [0.717, 1.165) is 11.2 Å². The third-order valence-corrected chi connectivity index (χ3v) is 3.48. The van der Waals surface area contributed by atoms with E-state index in [4.69, 9.17) is 0 Å². The summed E-state index contributed by atoms with van der Waals surface area (Å²) in [7, 11) is 0. The van der Waals surface area contributed by atoms with Crippen LogP contribution in [0.4, 0.5) is 0 Å². The zero-order chi connectivity index (χ0) is 13.2. The van der Waals surface area contributed by atoms with Gasteiger partial charge in [-0.1, -0.05) is 46.3 Å². The van der Waals surface area contributed by atoms with Crippen LogP contribution in [0.3, 0.4) is 0 Å². The molecule has 0 spiro atoms. The van der Waals surface area contributed by atoms with Crippen molar-refractivity contribution in [1.29, 1.82) is 0 Å². The molecule has 1 aromatic heterocycles. The Labute approximate surface area is 118 Å². The molecule has 3 nitrogen and oxygen atoms in total. The van der Waals surface area contributed by atoms with E-state index in [1.807, 2.05) is 54.6 Å². The van der Waals surface area contributed by atoms with Crippen LogP contribution in [0.5, 0.6) is 0 Å². The van der Waals surface area contributed by atoms with Crippen molar-refractivity contribution in [3.05, 3.63) is 70.8 Å². The number of aromatic nitrogens is 2. The first kappa shape index (κ1) is 12.1. The van der Waals surface area contributed by atoms with Crippen LogP contribution in [0.1, 0.15) is 5.82 Å². The molecule has 3 aromatic rings. The lowest BCUT2D eigenvalue weighted by Crippen LogP contribution is -2.23. The van der Waals surface area contributed by atoms with E-state index < -0.39 is 0 Å². The number of rotatable bonds is 2. The van der Waals surface area contributed by atoms with Gasteiger partial charge in [0, 0.05) is 0 Å². The lowest BCUT2D eigenvalue weighted by molar-refractivity contribution is 0.888. The van der Waals surface area contributed by atoms with Gasteiger partial charge in [-0.05, 0) is 24.3 Å². The van der Waals surface area contributed by atoms with E-state index in [1.165, 1.54) is 0 Å². The van der Waals surface area contributed by atoms with Crippen LogP contribution >= 0.6 is 15.9 Å². The molecular weight excluding hydrogens is 304 g/mol. The number of fused-ring (bicyclic) bond motifs is 1. The van der Waals surface area contributed by atoms with Crippen LogP contribution in [0.15, 0.2) is 59.4 Å². The molecule has 4 heteroatoms. The maximum Gasteiger partial charge on any atom is 0.265 e. The molecule has 0 N–H and O–H groups in total. The molecule has 0 atom stereocenters. The van der Waals surface area contributed by atoms with Gasteiger partial charge in [0.1, 0.15) is 5.82 Å². The van der Waals surface area contributed by atoms with Crippen molar-refractivity contribution in [2.24, 2.45) is 0 Å². The third-order valence-electron chi connectivity index (χ3n) is 2.98. The first-order valence-electron chi connectivity index (χ1n) is 5.93. The fraction of sp³-hybridized carbons (Fsp3) is 0.0667. The fourth-order valence-electron chi connectivity index (χ4n) is 2.11. The van der Waals surface area contributed by atoms with Gasteiger partial charge in [-0.3, -0.25) is 9.36 Å². The van der Waals surface area contributed by atoms with E-state index in [1.54, 1.807) is 4.57 Å². The summed E-state index contributed by atoms with van der Waals surface area (Å²) >= 11 is 3.40. The van der Waals surface area contributed by atoms with E-state index in [0.29, 0.717) is 16.5 Å². The molecule has 94 valence electrons. The van der Waals surface area contributed by atoms with Crippen molar-refractivity contribution >= 4 is 26.8 Å². The lowest BCUT2D eigenvalue weighted by atomic mass is 10.2. The Kier molecular flexibility index (Phi) is 3.17. The van der Waals surface area contributed by atoms with Crippen LogP contribution in [0, 0.1) is 0 Å². The van der Waals surface area contributed by atoms with Crippen molar-refractivity contribution in [3.8, 4) is 5.69 Å². The molecule has 0 aliphatic carbocycles. The Hall–Kier alpha value is -1.94. The molecule has 19 heavy (non-hydrogen) atoms. The predicted molar refractivity (Wildman–Crippen MR) is 80.0 cm³/mol. The second-order valence-corrected chi connectivity index (χ2v) is 4.72. The van der Waals surface area contributed by atoms with E-state index in [2.05, 4.69) is 20.9 Å². The van der Waals surface area contributed by atoms with Crippen LogP contribution in [0.2, 0.25) is 0 Å². The number of alkyl halides is 1. The second kappa shape index (κ2) is 4.97. The Morgan fingerprint density at radius 3 is 2.42 bits per heavy atom. The zero-order valence-electron chi connectivity index (χ0n) is 10.1. The molecule has 0 aliphatic heterocycles. The standard InChI is InChI=1S/C15H11BrN2O/c16-10-14-17-13-9-5-4-8-12(13)15(19)18(14)11-6-2-1-3-7-11/h1-9H,10H2. The maximum absolute atomic E-state index is 12.6. The van der Waals surface area contributed by atoms with Gasteiger partial charge >= 0.3 is 0 Å². The molecular formula is C15H11BrN2O. The monoisotopic (exact) mass is 314 g/mol. The normalized spacial score (nSPS) is 10.8. The fourth-order valence-corrected chi connectivity index (χ4v) is 2.49. The summed E-state index contributed by atoms with van der Waals surface area (Å²) in [4.78, 5) is 17.2. The number of nitrogens with zero attached hydrogens (tertiary/aromatic N) is 2. The minimum Gasteiger partial charge on any atom is -0.268 e. The van der Waals surface area contributed by atoms with Gasteiger partial charge in [0.2, 0.25) is 0 Å². The van der Waals surface area contributed by atoms with Gasteiger partial charge in [0.25, 0.3) is 5.56 Å². The van der Waals surface area contributed by atoms with Crippen molar-refractivity contribution in [2.45, 2.75) is 5.33 Å². The molecule has 0 saturated heterocycles. The molecule has 0 unspecified atom stereocenters. The van der Waals surface area contributed by atoms with E-state index >= 15 is 0 Å². The van der Waals surface area contributed by atoms with Crippen LogP contribution in [-0.2, 0) is 5.33 Å². The average Bonchev–Trinajstić information content (AvgIpc) is 2.48. The van der Waals surface area contributed by atoms with Crippen molar-refractivity contribution in [1.82, 2.24) is 9.55 Å². The van der Waals surface area contributed by atoms with E-state index in [-0.39, 0.29) is 5.56 Å². The lowest BCUT2D eigenvalue weighted by Gasteiger charge is -2.11. The second-order valence-electron chi connectivity index (χ2n) is 4.15. The predicted octanol–water partition coefficient (Wildman–Crippen LogP) is 3.28. The smallest absolute Gasteiger partial charge is 0.265 e. The van der Waals surface area contributed by atoms with Crippen molar-refractivity contribution in [2.75, 3.05) is 0 Å². The van der Waals surface area contributed by atoms with Crippen LogP contribution in [0.25, 0.3) is 16.6 Å². The SMILES string of the molecule is O=c1c2ccccc2nc(CBr)n1-c1ccccc1. The summed E-state index contributed by atoms with van der Waals surface area (Å²) in [6, 6.07) is 17.0. The number of hydrogen-bond acceptors (Lipinski definition) is 2. The third kappa shape index (κ3) is 2.08. The van der Waals surface area contributed by atoms with Gasteiger partial charge in [-0.2, -0.15) is 0 Å². The molecule has 0 aliphatic rings. The molecule has 0 amide bonds. The first-order valence-corrected chi connectivity index (χ1v) is 7.05. The first-order chi connectivity index (χ1) is 9.31. The summed E-state index contributed by atoms with van der Waals surface area (Å²) in [5, 5.41) is 1.16. The number of hydrogen-bond donors (Lipinski definition) is 0. The highest BCUT2D eigenvalue weighted by Gasteiger charge is 2.10. The van der Waals surface area contributed by atoms with Gasteiger partial charge < -0.3 is 0 Å². The molecule has 3 rings (SSSR count). The summed E-state index contributed by atoms with van der Waals surface area (Å²) in [6.07, 6.45) is 0. The molecule has 0 radical (unpaired) electrons. The number of para-hydroxylation sites is 2. The summed E-state index contributed by atoms with van der Waals surface area (Å²) in [5.41, 5.74) is 1.53. The number of benzene rings is 2. The largest absolute Gasteiger partial charge is 0.268 e. The Morgan fingerprint density at radius 2 is 1.68 bits per heavy atom. The number of halogens is 1. The Balaban J connectivity index is 2.41. The van der Waals surface area contributed by atoms with Crippen LogP contribution < -0.4 is 5.56 Å². The van der Waals surface area contributed by atoms with Crippen LogP contribution in [-0.4, -0.2) is 9.55 Å². The maximum atomic E-state index is 12.6. The van der Waals surface area contributed by atoms with Gasteiger partial charge in [-0.25, -0.2) is 4.98 Å². The highest BCUT2D eigenvalue weighted by molar-refractivity contribution is 9.08. The van der Waals surface area contributed by atoms with Gasteiger partial charge in [0.05, 0.1) is 21.9 Å².